The van der Waals surface area contributed by atoms with E-state index in [0.29, 0.717) is 5.92 Å². The topological polar surface area (TPSA) is 20.2 Å². The van der Waals surface area contributed by atoms with Gasteiger partial charge in [-0.05, 0) is 25.7 Å². The quantitative estimate of drug-likeness (QED) is 0.650. The van der Waals surface area contributed by atoms with Crippen molar-refractivity contribution in [2.24, 2.45) is 5.92 Å². The molecule has 0 bridgehead atoms. The average Bonchev–Trinajstić information content (AvgIpc) is 2.02. The minimum atomic E-state index is -0.252. The van der Waals surface area contributed by atoms with Crippen molar-refractivity contribution in [2.75, 3.05) is 0 Å². The molecule has 0 aliphatic heterocycles. The van der Waals surface area contributed by atoms with E-state index in [-0.39, 0.29) is 6.10 Å². The zero-order chi connectivity index (χ0) is 9.68. The molecule has 0 aromatic rings. The molecule has 0 heterocycles. The lowest BCUT2D eigenvalue weighted by Crippen LogP contribution is -2.22. The fourth-order valence-corrected chi connectivity index (χ4v) is 2.21. The first-order valence-corrected chi connectivity index (χ1v) is 5.55. The summed E-state index contributed by atoms with van der Waals surface area (Å²) in [6.07, 6.45) is 8.78. The second-order valence-corrected chi connectivity index (χ2v) is 4.40. The molecular formula is C12H22O. The van der Waals surface area contributed by atoms with Gasteiger partial charge in [0.1, 0.15) is 0 Å². The maximum Gasteiger partial charge on any atom is 0.0772 e. The first kappa shape index (κ1) is 10.8. The summed E-state index contributed by atoms with van der Waals surface area (Å²) in [6.45, 7) is 5.77. The van der Waals surface area contributed by atoms with E-state index >= 15 is 0 Å². The molecule has 0 spiro atoms. The summed E-state index contributed by atoms with van der Waals surface area (Å²) in [4.78, 5) is 0. The SMILES string of the molecule is C=C(C)C(O)C1CCCCCCC1. The Bertz CT molecular complexity index is 155. The monoisotopic (exact) mass is 182 g/mol. The standard InChI is InChI=1S/C12H22O/c1-10(2)12(13)11-8-6-4-3-5-7-9-11/h11-13H,1,3-9H2,2H3. The Labute approximate surface area is 81.9 Å². The van der Waals surface area contributed by atoms with Crippen molar-refractivity contribution in [3.8, 4) is 0 Å². The molecule has 1 N–H and O–H groups in total. The van der Waals surface area contributed by atoms with Gasteiger partial charge in [0, 0.05) is 0 Å². The van der Waals surface area contributed by atoms with E-state index in [2.05, 4.69) is 6.58 Å². The Balaban J connectivity index is 2.40. The van der Waals surface area contributed by atoms with Crippen molar-refractivity contribution in [3.05, 3.63) is 12.2 Å². The smallest absolute Gasteiger partial charge is 0.0772 e. The molecule has 1 atom stereocenters. The number of aliphatic hydroxyl groups excluding tert-OH is 1. The van der Waals surface area contributed by atoms with Crippen molar-refractivity contribution >= 4 is 0 Å². The predicted octanol–water partition coefficient (Wildman–Crippen LogP) is 3.28. The van der Waals surface area contributed by atoms with Gasteiger partial charge in [-0.1, -0.05) is 44.3 Å². The second-order valence-electron chi connectivity index (χ2n) is 4.40. The third-order valence-electron chi connectivity index (χ3n) is 3.10. The number of hydrogen-bond acceptors (Lipinski definition) is 1. The lowest BCUT2D eigenvalue weighted by molar-refractivity contribution is 0.122. The third kappa shape index (κ3) is 3.51. The minimum Gasteiger partial charge on any atom is -0.388 e. The van der Waals surface area contributed by atoms with E-state index in [1.54, 1.807) is 0 Å². The summed E-state index contributed by atoms with van der Waals surface area (Å²) in [5.41, 5.74) is 0.936. The Morgan fingerprint density at radius 2 is 1.62 bits per heavy atom. The van der Waals surface area contributed by atoms with Crippen LogP contribution < -0.4 is 0 Å². The molecule has 1 nitrogen and oxygen atoms in total. The van der Waals surface area contributed by atoms with Crippen LogP contribution in [0.1, 0.15) is 51.9 Å². The molecule has 13 heavy (non-hydrogen) atoms. The summed E-state index contributed by atoms with van der Waals surface area (Å²) >= 11 is 0. The molecule has 1 saturated carbocycles. The van der Waals surface area contributed by atoms with Crippen LogP contribution in [0.5, 0.6) is 0 Å². The van der Waals surface area contributed by atoms with Crippen LogP contribution in [0.2, 0.25) is 0 Å². The number of aliphatic hydroxyl groups is 1. The molecule has 76 valence electrons. The normalized spacial score (nSPS) is 23.2. The van der Waals surface area contributed by atoms with E-state index < -0.39 is 0 Å². The van der Waals surface area contributed by atoms with Crippen LogP contribution in [0.15, 0.2) is 12.2 Å². The number of rotatable bonds is 2. The van der Waals surface area contributed by atoms with Gasteiger partial charge < -0.3 is 5.11 Å². The number of hydrogen-bond donors (Lipinski definition) is 1. The Hall–Kier alpha value is -0.300. The van der Waals surface area contributed by atoms with Gasteiger partial charge in [0.15, 0.2) is 0 Å². The van der Waals surface area contributed by atoms with Crippen LogP contribution in [0.3, 0.4) is 0 Å². The van der Waals surface area contributed by atoms with E-state index in [4.69, 9.17) is 0 Å². The van der Waals surface area contributed by atoms with Gasteiger partial charge in [0.2, 0.25) is 0 Å². The molecule has 0 amide bonds. The van der Waals surface area contributed by atoms with Crippen molar-refractivity contribution in [3.63, 3.8) is 0 Å². The van der Waals surface area contributed by atoms with Gasteiger partial charge in [-0.2, -0.15) is 0 Å². The van der Waals surface area contributed by atoms with E-state index in [9.17, 15) is 5.11 Å². The molecule has 1 aliphatic carbocycles. The van der Waals surface area contributed by atoms with Gasteiger partial charge in [-0.3, -0.25) is 0 Å². The summed E-state index contributed by atoms with van der Waals surface area (Å²) < 4.78 is 0. The first-order chi connectivity index (χ1) is 6.22. The highest BCUT2D eigenvalue weighted by Crippen LogP contribution is 2.27. The van der Waals surface area contributed by atoms with Gasteiger partial charge in [0.05, 0.1) is 6.10 Å². The van der Waals surface area contributed by atoms with Crippen LogP contribution in [-0.4, -0.2) is 11.2 Å². The minimum absolute atomic E-state index is 0.252. The van der Waals surface area contributed by atoms with E-state index in [1.165, 1.54) is 44.9 Å². The Morgan fingerprint density at radius 3 is 2.08 bits per heavy atom. The largest absolute Gasteiger partial charge is 0.388 e. The van der Waals surface area contributed by atoms with Gasteiger partial charge in [0.25, 0.3) is 0 Å². The molecule has 1 rings (SSSR count). The van der Waals surface area contributed by atoms with Crippen molar-refractivity contribution in [1.82, 2.24) is 0 Å². The first-order valence-electron chi connectivity index (χ1n) is 5.55. The van der Waals surface area contributed by atoms with Gasteiger partial charge in [-0.15, -0.1) is 0 Å². The van der Waals surface area contributed by atoms with Gasteiger partial charge >= 0.3 is 0 Å². The van der Waals surface area contributed by atoms with Crippen molar-refractivity contribution in [1.29, 1.82) is 0 Å². The summed E-state index contributed by atoms with van der Waals surface area (Å²) in [7, 11) is 0. The second kappa shape index (κ2) is 5.43. The molecule has 1 unspecified atom stereocenters. The van der Waals surface area contributed by atoms with Crippen molar-refractivity contribution < 1.29 is 5.11 Å². The fourth-order valence-electron chi connectivity index (χ4n) is 2.21. The molecular weight excluding hydrogens is 160 g/mol. The average molecular weight is 182 g/mol. The third-order valence-corrected chi connectivity index (χ3v) is 3.10. The zero-order valence-electron chi connectivity index (χ0n) is 8.76. The highest BCUT2D eigenvalue weighted by molar-refractivity contribution is 4.99. The zero-order valence-corrected chi connectivity index (χ0v) is 8.76. The highest BCUT2D eigenvalue weighted by atomic mass is 16.3. The van der Waals surface area contributed by atoms with Crippen LogP contribution in [-0.2, 0) is 0 Å². The van der Waals surface area contributed by atoms with Crippen LogP contribution in [0, 0.1) is 5.92 Å². The van der Waals surface area contributed by atoms with E-state index in [0.717, 1.165) is 5.57 Å². The Kier molecular flexibility index (Phi) is 4.51. The summed E-state index contributed by atoms with van der Waals surface area (Å²) in [6, 6.07) is 0. The lowest BCUT2D eigenvalue weighted by Gasteiger charge is -2.24. The molecule has 0 radical (unpaired) electrons. The molecule has 0 saturated heterocycles. The maximum atomic E-state index is 9.87. The maximum absolute atomic E-state index is 9.87. The molecule has 1 fully saturated rings. The summed E-state index contributed by atoms with van der Waals surface area (Å²) in [5, 5.41) is 9.87. The molecule has 0 aromatic heterocycles. The van der Waals surface area contributed by atoms with Crippen LogP contribution in [0.4, 0.5) is 0 Å². The molecule has 1 heteroatoms. The van der Waals surface area contributed by atoms with Gasteiger partial charge in [-0.25, -0.2) is 0 Å². The predicted molar refractivity (Wildman–Crippen MR) is 56.6 cm³/mol. The summed E-state index contributed by atoms with van der Waals surface area (Å²) in [5.74, 6) is 0.484. The van der Waals surface area contributed by atoms with Crippen LogP contribution >= 0.6 is 0 Å². The van der Waals surface area contributed by atoms with Crippen molar-refractivity contribution in [2.45, 2.75) is 58.0 Å². The molecule has 1 aliphatic rings. The lowest BCUT2D eigenvalue weighted by atomic mass is 9.85. The highest BCUT2D eigenvalue weighted by Gasteiger charge is 2.19. The fraction of sp³-hybridized carbons (Fsp3) is 0.833. The Morgan fingerprint density at radius 1 is 1.15 bits per heavy atom. The van der Waals surface area contributed by atoms with E-state index in [1.807, 2.05) is 6.92 Å². The molecule has 0 aromatic carbocycles. The van der Waals surface area contributed by atoms with Crippen LogP contribution in [0.25, 0.3) is 0 Å².